The average Bonchev–Trinajstić information content (AvgIpc) is 2.99. The van der Waals surface area contributed by atoms with E-state index in [-0.39, 0.29) is 0 Å². The number of fused-ring (bicyclic) bond motifs is 1. The zero-order valence-electron chi connectivity index (χ0n) is 13.1. The van der Waals surface area contributed by atoms with Crippen LogP contribution in [0.4, 0.5) is 5.82 Å². The van der Waals surface area contributed by atoms with Crippen LogP contribution in [0.1, 0.15) is 31.7 Å². The first kappa shape index (κ1) is 14.5. The number of nitrogens with two attached hydrogens (primary N) is 1. The molecule has 5 nitrogen and oxygen atoms in total. The van der Waals surface area contributed by atoms with Gasteiger partial charge in [0.1, 0.15) is 11.6 Å². The van der Waals surface area contributed by atoms with Gasteiger partial charge in [-0.05, 0) is 37.0 Å². The van der Waals surface area contributed by atoms with Crippen LogP contribution in [-0.4, -0.2) is 15.0 Å². The molecular formula is C17H20N4O. The first-order valence-corrected chi connectivity index (χ1v) is 7.51. The molecule has 2 aromatic heterocycles. The van der Waals surface area contributed by atoms with E-state index in [1.807, 2.05) is 19.1 Å². The SMILES string of the molecule is Cc1c(-c2cnco2)ccc2nc(CCC(C)C)nc(N)c12. The Bertz CT molecular complexity index is 794. The van der Waals surface area contributed by atoms with Crippen LogP contribution in [0.15, 0.2) is 29.1 Å². The van der Waals surface area contributed by atoms with E-state index in [1.54, 1.807) is 6.20 Å². The Morgan fingerprint density at radius 1 is 1.23 bits per heavy atom. The highest BCUT2D eigenvalue weighted by atomic mass is 16.3. The van der Waals surface area contributed by atoms with E-state index >= 15 is 0 Å². The van der Waals surface area contributed by atoms with Crippen LogP contribution in [-0.2, 0) is 6.42 Å². The molecule has 0 unspecified atom stereocenters. The lowest BCUT2D eigenvalue weighted by molar-refractivity contribution is 0.571. The molecule has 0 amide bonds. The second-order valence-electron chi connectivity index (χ2n) is 5.96. The van der Waals surface area contributed by atoms with Gasteiger partial charge in [0, 0.05) is 17.4 Å². The van der Waals surface area contributed by atoms with Crippen LogP contribution in [0.3, 0.4) is 0 Å². The Balaban J connectivity index is 2.08. The largest absolute Gasteiger partial charge is 0.444 e. The van der Waals surface area contributed by atoms with Crippen molar-refractivity contribution in [3.63, 3.8) is 0 Å². The first-order valence-electron chi connectivity index (χ1n) is 7.51. The second kappa shape index (κ2) is 5.75. The smallest absolute Gasteiger partial charge is 0.181 e. The summed E-state index contributed by atoms with van der Waals surface area (Å²) in [6.07, 6.45) is 5.02. The van der Waals surface area contributed by atoms with Crippen LogP contribution < -0.4 is 5.73 Å². The van der Waals surface area contributed by atoms with Crippen molar-refractivity contribution in [1.82, 2.24) is 15.0 Å². The number of benzene rings is 1. The number of nitrogens with zero attached hydrogens (tertiary/aromatic N) is 3. The molecule has 0 atom stereocenters. The zero-order chi connectivity index (χ0) is 15.7. The molecule has 0 aliphatic rings. The summed E-state index contributed by atoms with van der Waals surface area (Å²) in [5, 5.41) is 0.891. The summed E-state index contributed by atoms with van der Waals surface area (Å²) in [7, 11) is 0. The fourth-order valence-electron chi connectivity index (χ4n) is 2.62. The van der Waals surface area contributed by atoms with E-state index in [9.17, 15) is 0 Å². The van der Waals surface area contributed by atoms with Gasteiger partial charge in [-0.25, -0.2) is 15.0 Å². The quantitative estimate of drug-likeness (QED) is 0.793. The van der Waals surface area contributed by atoms with E-state index in [1.165, 1.54) is 6.39 Å². The van der Waals surface area contributed by atoms with Crippen molar-refractivity contribution in [3.05, 3.63) is 36.1 Å². The third kappa shape index (κ3) is 2.66. The summed E-state index contributed by atoms with van der Waals surface area (Å²) in [5.41, 5.74) is 9.05. The van der Waals surface area contributed by atoms with Crippen molar-refractivity contribution in [3.8, 4) is 11.3 Å². The van der Waals surface area contributed by atoms with Gasteiger partial charge in [0.25, 0.3) is 0 Å². The van der Waals surface area contributed by atoms with E-state index in [2.05, 4.69) is 28.8 Å². The molecule has 3 rings (SSSR count). The molecule has 5 heteroatoms. The zero-order valence-corrected chi connectivity index (χ0v) is 13.1. The number of hydrogen-bond acceptors (Lipinski definition) is 5. The molecule has 0 radical (unpaired) electrons. The number of hydrogen-bond donors (Lipinski definition) is 1. The molecule has 0 spiro atoms. The molecule has 0 saturated heterocycles. The Morgan fingerprint density at radius 2 is 2.05 bits per heavy atom. The van der Waals surface area contributed by atoms with E-state index in [0.29, 0.717) is 11.7 Å². The van der Waals surface area contributed by atoms with Crippen LogP contribution in [0.5, 0.6) is 0 Å². The molecule has 0 saturated carbocycles. The Morgan fingerprint density at radius 3 is 2.73 bits per heavy atom. The summed E-state index contributed by atoms with van der Waals surface area (Å²) in [4.78, 5) is 13.1. The maximum Gasteiger partial charge on any atom is 0.181 e. The van der Waals surface area contributed by atoms with Crippen molar-refractivity contribution in [2.75, 3.05) is 5.73 Å². The summed E-state index contributed by atoms with van der Waals surface area (Å²) in [5.74, 6) is 2.69. The normalized spacial score (nSPS) is 11.5. The highest BCUT2D eigenvalue weighted by Crippen LogP contribution is 2.31. The topological polar surface area (TPSA) is 77.8 Å². The Hall–Kier alpha value is -2.43. The van der Waals surface area contributed by atoms with Gasteiger partial charge in [-0.15, -0.1) is 0 Å². The maximum atomic E-state index is 6.19. The van der Waals surface area contributed by atoms with Crippen molar-refractivity contribution in [2.45, 2.75) is 33.6 Å². The maximum absolute atomic E-state index is 6.19. The molecule has 114 valence electrons. The lowest BCUT2D eigenvalue weighted by Crippen LogP contribution is -2.04. The lowest BCUT2D eigenvalue weighted by atomic mass is 10.0. The molecular weight excluding hydrogens is 276 g/mol. The fourth-order valence-corrected chi connectivity index (χ4v) is 2.62. The number of anilines is 1. The molecule has 0 bridgehead atoms. The molecule has 0 aliphatic carbocycles. The van der Waals surface area contributed by atoms with E-state index in [4.69, 9.17) is 10.2 Å². The summed E-state index contributed by atoms with van der Waals surface area (Å²) >= 11 is 0. The minimum absolute atomic E-state index is 0.530. The lowest BCUT2D eigenvalue weighted by Gasteiger charge is -2.11. The predicted molar refractivity (Wildman–Crippen MR) is 87.3 cm³/mol. The number of nitrogen functional groups attached to an aromatic ring is 1. The number of aromatic nitrogens is 3. The Labute approximate surface area is 129 Å². The predicted octanol–water partition coefficient (Wildman–Crippen LogP) is 3.76. The third-order valence-electron chi connectivity index (χ3n) is 3.84. The van der Waals surface area contributed by atoms with Gasteiger partial charge >= 0.3 is 0 Å². The highest BCUT2D eigenvalue weighted by molar-refractivity contribution is 5.95. The van der Waals surface area contributed by atoms with E-state index < -0.39 is 0 Å². The molecule has 2 heterocycles. The number of oxazole rings is 1. The number of aryl methyl sites for hydroxylation is 2. The molecule has 22 heavy (non-hydrogen) atoms. The van der Waals surface area contributed by atoms with Crippen LogP contribution in [0.2, 0.25) is 0 Å². The van der Waals surface area contributed by atoms with Gasteiger partial charge in [0.15, 0.2) is 12.2 Å². The van der Waals surface area contributed by atoms with Crippen molar-refractivity contribution in [2.24, 2.45) is 5.92 Å². The van der Waals surface area contributed by atoms with Gasteiger partial charge in [-0.1, -0.05) is 13.8 Å². The molecule has 1 aromatic carbocycles. The third-order valence-corrected chi connectivity index (χ3v) is 3.84. The van der Waals surface area contributed by atoms with Gasteiger partial charge in [-0.2, -0.15) is 0 Å². The fraction of sp³-hybridized carbons (Fsp3) is 0.353. The first-order chi connectivity index (χ1) is 10.6. The number of rotatable bonds is 4. The molecule has 0 aliphatic heterocycles. The van der Waals surface area contributed by atoms with Crippen molar-refractivity contribution >= 4 is 16.7 Å². The summed E-state index contributed by atoms with van der Waals surface area (Å²) < 4.78 is 5.39. The molecule has 0 fully saturated rings. The van der Waals surface area contributed by atoms with Gasteiger partial charge in [0.05, 0.1) is 11.7 Å². The van der Waals surface area contributed by atoms with Crippen molar-refractivity contribution < 1.29 is 4.42 Å². The van der Waals surface area contributed by atoms with Crippen molar-refractivity contribution in [1.29, 1.82) is 0 Å². The minimum atomic E-state index is 0.530. The van der Waals surface area contributed by atoms with Gasteiger partial charge < -0.3 is 10.2 Å². The van der Waals surface area contributed by atoms with Crippen LogP contribution in [0, 0.1) is 12.8 Å². The van der Waals surface area contributed by atoms with Gasteiger partial charge in [-0.3, -0.25) is 0 Å². The minimum Gasteiger partial charge on any atom is -0.444 e. The highest BCUT2D eigenvalue weighted by Gasteiger charge is 2.13. The van der Waals surface area contributed by atoms with Crippen LogP contribution in [0.25, 0.3) is 22.2 Å². The standard InChI is InChI=1S/C17H20N4O/c1-10(2)4-7-15-20-13-6-5-12(14-8-19-9-22-14)11(3)16(13)17(18)21-15/h5-6,8-10H,4,7H2,1-3H3,(H2,18,20,21). The van der Waals surface area contributed by atoms with Gasteiger partial charge in [0.2, 0.25) is 0 Å². The van der Waals surface area contributed by atoms with E-state index in [0.717, 1.165) is 46.5 Å². The molecule has 3 aromatic rings. The monoisotopic (exact) mass is 296 g/mol. The average molecular weight is 296 g/mol. The van der Waals surface area contributed by atoms with Crippen LogP contribution >= 0.6 is 0 Å². The molecule has 2 N–H and O–H groups in total. The second-order valence-corrected chi connectivity index (χ2v) is 5.96. The Kier molecular flexibility index (Phi) is 3.79. The summed E-state index contributed by atoms with van der Waals surface area (Å²) in [6, 6.07) is 3.97. The summed E-state index contributed by atoms with van der Waals surface area (Å²) in [6.45, 7) is 6.39.